The van der Waals surface area contributed by atoms with Crippen molar-refractivity contribution in [3.05, 3.63) is 100 Å². The lowest BCUT2D eigenvalue weighted by molar-refractivity contribution is -0.121. The third-order valence-electron chi connectivity index (χ3n) is 7.65. The monoisotopic (exact) mass is 619 g/mol. The van der Waals surface area contributed by atoms with E-state index in [1.54, 1.807) is 18.2 Å². The fraction of sp³-hybridized carbons (Fsp3) is 0.258. The molecule has 1 fully saturated rings. The number of anilines is 1. The molecule has 2 N–H and O–H groups in total. The van der Waals surface area contributed by atoms with Crippen LogP contribution in [0.15, 0.2) is 66.9 Å². The first-order chi connectivity index (χ1) is 21.1. The largest absolute Gasteiger partial charge is 0.493 e. The summed E-state index contributed by atoms with van der Waals surface area (Å²) in [7, 11) is 0. The Hall–Kier alpha value is -4.81. The van der Waals surface area contributed by atoms with Crippen LogP contribution in [0.25, 0.3) is 5.69 Å². The zero-order chi connectivity index (χ0) is 31.0. The molecule has 0 spiro atoms. The van der Waals surface area contributed by atoms with Gasteiger partial charge in [0, 0.05) is 23.2 Å². The second-order valence-corrected chi connectivity index (χ2v) is 11.5. The predicted octanol–water partition coefficient (Wildman–Crippen LogP) is 4.55. The summed E-state index contributed by atoms with van der Waals surface area (Å²) in [5, 5.41) is 19.8. The Morgan fingerprint density at radius 1 is 1.14 bits per heavy atom. The normalized spacial score (nSPS) is 16.9. The molecule has 0 saturated carbocycles. The van der Waals surface area contributed by atoms with E-state index in [-0.39, 0.29) is 33.9 Å². The Bertz CT molecular complexity index is 1760. The number of aromatic nitrogens is 3. The number of amides is 2. The summed E-state index contributed by atoms with van der Waals surface area (Å²) in [6.45, 7) is 3.84. The molecule has 6 rings (SSSR count). The number of benzene rings is 3. The van der Waals surface area contributed by atoms with Gasteiger partial charge in [-0.1, -0.05) is 41.9 Å². The summed E-state index contributed by atoms with van der Waals surface area (Å²) in [4.78, 5) is 40.4. The number of nitrogens with zero attached hydrogens (tertiary/aromatic N) is 4. The van der Waals surface area contributed by atoms with Crippen molar-refractivity contribution in [2.75, 3.05) is 31.7 Å². The van der Waals surface area contributed by atoms with Gasteiger partial charge < -0.3 is 24.8 Å². The summed E-state index contributed by atoms with van der Waals surface area (Å²) in [5.41, 5.74) is 1.60. The minimum atomic E-state index is -1.10. The van der Waals surface area contributed by atoms with Gasteiger partial charge >= 0.3 is 5.97 Å². The maximum absolute atomic E-state index is 14.6. The fourth-order valence-corrected chi connectivity index (χ4v) is 5.43. The summed E-state index contributed by atoms with van der Waals surface area (Å²) < 4.78 is 27.3. The zero-order valence-corrected chi connectivity index (χ0v) is 24.3. The maximum atomic E-state index is 14.6. The Morgan fingerprint density at radius 3 is 2.59 bits per heavy atom. The molecule has 11 nitrogen and oxygen atoms in total. The third kappa shape index (κ3) is 5.61. The van der Waals surface area contributed by atoms with Crippen LogP contribution in [-0.2, 0) is 16.0 Å². The lowest BCUT2D eigenvalue weighted by atomic mass is 9.89. The van der Waals surface area contributed by atoms with E-state index in [1.165, 1.54) is 47.5 Å². The van der Waals surface area contributed by atoms with Gasteiger partial charge in [-0.3, -0.25) is 9.59 Å². The standard InChI is InChI=1S/C31H27ClFN5O6/c1-31(15-43-16-31)17-44-25-7-2-4-21-20(25)12-13-37(27(21)28(39)34-19-10-8-18(9-11-19)30(41)42)29(40)23-14-38(36-35-23)24-6-3-5-22(32)26(24)33/h2-11,14,27H,12-13,15-17H2,1H3,(H,34,39)(H,41,42). The number of hydrogen-bond acceptors (Lipinski definition) is 7. The second-order valence-electron chi connectivity index (χ2n) is 11.1. The van der Waals surface area contributed by atoms with E-state index in [4.69, 9.17) is 21.1 Å². The molecule has 44 heavy (non-hydrogen) atoms. The second kappa shape index (κ2) is 11.7. The minimum absolute atomic E-state index is 0.0134. The Kier molecular flexibility index (Phi) is 7.78. The van der Waals surface area contributed by atoms with Gasteiger partial charge in [-0.15, -0.1) is 5.10 Å². The van der Waals surface area contributed by atoms with E-state index in [9.17, 15) is 23.9 Å². The molecule has 0 aliphatic carbocycles. The van der Waals surface area contributed by atoms with Gasteiger partial charge in [0.05, 0.1) is 36.6 Å². The van der Waals surface area contributed by atoms with Crippen LogP contribution in [0.5, 0.6) is 5.75 Å². The molecule has 1 atom stereocenters. The highest BCUT2D eigenvalue weighted by atomic mass is 35.5. The molecular formula is C31H27ClFN5O6. The predicted molar refractivity (Wildman–Crippen MR) is 157 cm³/mol. The van der Waals surface area contributed by atoms with Crippen molar-refractivity contribution in [3.8, 4) is 11.4 Å². The van der Waals surface area contributed by atoms with E-state index in [0.717, 1.165) is 10.2 Å². The Balaban J connectivity index is 1.33. The van der Waals surface area contributed by atoms with Gasteiger partial charge in [0.2, 0.25) is 0 Å². The van der Waals surface area contributed by atoms with Gasteiger partial charge in [-0.25, -0.2) is 13.9 Å². The molecule has 0 radical (unpaired) electrons. The van der Waals surface area contributed by atoms with E-state index >= 15 is 0 Å². The number of carboxylic acids is 1. The van der Waals surface area contributed by atoms with E-state index in [2.05, 4.69) is 22.6 Å². The van der Waals surface area contributed by atoms with E-state index < -0.39 is 29.6 Å². The summed E-state index contributed by atoms with van der Waals surface area (Å²) in [6, 6.07) is 14.4. The molecule has 3 aromatic carbocycles. The summed E-state index contributed by atoms with van der Waals surface area (Å²) in [5.74, 6) is -2.30. The van der Waals surface area contributed by atoms with Gasteiger partial charge in [0.15, 0.2) is 11.5 Å². The number of carboxylic acid groups (broad SMARTS) is 1. The minimum Gasteiger partial charge on any atom is -0.493 e. The van der Waals surface area contributed by atoms with Crippen LogP contribution in [0, 0.1) is 11.2 Å². The van der Waals surface area contributed by atoms with Gasteiger partial charge in [-0.2, -0.15) is 0 Å². The van der Waals surface area contributed by atoms with Crippen LogP contribution in [0.2, 0.25) is 5.02 Å². The molecule has 13 heteroatoms. The number of carbonyl (C=O) groups is 3. The number of nitrogens with one attached hydrogen (secondary N) is 1. The first kappa shape index (κ1) is 29.3. The van der Waals surface area contributed by atoms with Crippen molar-refractivity contribution in [1.82, 2.24) is 19.9 Å². The lowest BCUT2D eigenvalue weighted by Crippen LogP contribution is -2.46. The number of halogens is 2. The van der Waals surface area contributed by atoms with Crippen molar-refractivity contribution in [2.45, 2.75) is 19.4 Å². The smallest absolute Gasteiger partial charge is 0.335 e. The molecular weight excluding hydrogens is 593 g/mol. The van der Waals surface area contributed by atoms with Crippen molar-refractivity contribution >= 4 is 35.1 Å². The highest BCUT2D eigenvalue weighted by Crippen LogP contribution is 2.38. The van der Waals surface area contributed by atoms with Crippen molar-refractivity contribution < 1.29 is 33.4 Å². The molecule has 1 saturated heterocycles. The molecule has 0 bridgehead atoms. The molecule has 3 heterocycles. The van der Waals surface area contributed by atoms with Crippen LogP contribution in [0.4, 0.5) is 10.1 Å². The third-order valence-corrected chi connectivity index (χ3v) is 7.95. The number of hydrogen-bond donors (Lipinski definition) is 2. The van der Waals surface area contributed by atoms with Crippen LogP contribution >= 0.6 is 11.6 Å². The van der Waals surface area contributed by atoms with Gasteiger partial charge in [0.1, 0.15) is 17.5 Å². The van der Waals surface area contributed by atoms with E-state index in [1.807, 2.05) is 6.07 Å². The van der Waals surface area contributed by atoms with Crippen molar-refractivity contribution in [1.29, 1.82) is 0 Å². The topological polar surface area (TPSA) is 136 Å². The lowest BCUT2D eigenvalue weighted by Gasteiger charge is -2.39. The fourth-order valence-electron chi connectivity index (χ4n) is 5.26. The average molecular weight is 620 g/mol. The Labute approximate surface area is 256 Å². The number of carbonyl (C=O) groups excluding carboxylic acids is 2. The number of rotatable bonds is 8. The highest BCUT2D eigenvalue weighted by molar-refractivity contribution is 6.30. The summed E-state index contributed by atoms with van der Waals surface area (Å²) in [6.07, 6.45) is 1.69. The molecule has 1 aromatic heterocycles. The number of aromatic carboxylic acids is 1. The number of ether oxygens (including phenoxy) is 2. The Morgan fingerprint density at radius 2 is 1.89 bits per heavy atom. The first-order valence-corrected chi connectivity index (χ1v) is 14.2. The molecule has 226 valence electrons. The molecule has 2 amide bonds. The zero-order valence-electron chi connectivity index (χ0n) is 23.5. The van der Waals surface area contributed by atoms with Crippen molar-refractivity contribution in [3.63, 3.8) is 0 Å². The summed E-state index contributed by atoms with van der Waals surface area (Å²) >= 11 is 5.92. The van der Waals surface area contributed by atoms with Crippen molar-refractivity contribution in [2.24, 2.45) is 5.41 Å². The maximum Gasteiger partial charge on any atom is 0.335 e. The van der Waals surface area contributed by atoms with Crippen LogP contribution in [0.1, 0.15) is 44.9 Å². The molecule has 4 aromatic rings. The molecule has 2 aliphatic heterocycles. The molecule has 2 aliphatic rings. The van der Waals surface area contributed by atoms with E-state index in [0.29, 0.717) is 43.2 Å². The van der Waals surface area contributed by atoms with Gasteiger partial charge in [-0.05, 0) is 54.4 Å². The number of fused-ring (bicyclic) bond motifs is 1. The highest BCUT2D eigenvalue weighted by Gasteiger charge is 2.39. The van der Waals surface area contributed by atoms with Gasteiger partial charge in [0.25, 0.3) is 11.8 Å². The molecule has 1 unspecified atom stereocenters. The average Bonchev–Trinajstić information content (AvgIpc) is 3.49. The quantitative estimate of drug-likeness (QED) is 0.293. The van der Waals surface area contributed by atoms with Crippen LogP contribution in [-0.4, -0.2) is 69.1 Å². The van der Waals surface area contributed by atoms with Crippen LogP contribution < -0.4 is 10.1 Å². The van der Waals surface area contributed by atoms with Crippen LogP contribution in [0.3, 0.4) is 0 Å². The first-order valence-electron chi connectivity index (χ1n) is 13.8. The SMILES string of the molecule is CC1(COc2cccc3c2CCN(C(=O)c2cn(-c4cccc(Cl)c4F)nn2)C3C(=O)Nc2ccc(C(=O)O)cc2)COC1.